The molecule has 5 aliphatic carbocycles. The molecule has 182 valence electrons. The number of nitrogens with one attached hydrogen (secondary N) is 2. The van der Waals surface area contributed by atoms with Gasteiger partial charge in [-0.2, -0.15) is 0 Å². The normalized spacial score (nSPS) is 42.2. The van der Waals surface area contributed by atoms with E-state index in [1.807, 2.05) is 12.2 Å². The summed E-state index contributed by atoms with van der Waals surface area (Å²) in [6.07, 6.45) is 18.3. The van der Waals surface area contributed by atoms with Gasteiger partial charge in [0, 0.05) is 43.5 Å². The van der Waals surface area contributed by atoms with E-state index < -0.39 is 0 Å². The van der Waals surface area contributed by atoms with E-state index in [0.29, 0.717) is 23.6 Å². The molecule has 8 rings (SSSR count). The first-order valence-corrected chi connectivity index (χ1v) is 13.4. The molecular weight excluding hydrogens is 428 g/mol. The number of piperidine rings is 1. The third-order valence-corrected chi connectivity index (χ3v) is 10.2. The molecule has 3 atom stereocenters. The van der Waals surface area contributed by atoms with Crippen LogP contribution in [0.3, 0.4) is 0 Å². The highest BCUT2D eigenvalue weighted by Crippen LogP contribution is 2.59. The molecule has 1 spiro atoms. The zero-order valence-corrected chi connectivity index (χ0v) is 19.9. The van der Waals surface area contributed by atoms with Crippen LogP contribution in [0.25, 0.3) is 0 Å². The summed E-state index contributed by atoms with van der Waals surface area (Å²) >= 11 is 0. The lowest BCUT2D eigenvalue weighted by Crippen LogP contribution is -2.62. The van der Waals surface area contributed by atoms with E-state index in [4.69, 9.17) is 4.74 Å². The summed E-state index contributed by atoms with van der Waals surface area (Å²) < 4.78 is 5.75. The number of amides is 3. The number of ether oxygens (including phenoxy) is 1. The van der Waals surface area contributed by atoms with Crippen LogP contribution in [0, 0.1) is 35.0 Å². The van der Waals surface area contributed by atoms with E-state index in [1.165, 1.54) is 38.5 Å². The SMILES string of the molecule is O=C(NCC1CC12CCN(C(=O)NC13CC4CC(CC(C4)C1)C3)CC2)C1=CC2C=CN=CC2O1. The topological polar surface area (TPSA) is 83.0 Å². The lowest BCUT2D eigenvalue weighted by molar-refractivity contribution is -0.120. The maximum Gasteiger partial charge on any atom is 0.317 e. The molecule has 4 bridgehead atoms. The minimum absolute atomic E-state index is 0.0868. The van der Waals surface area contributed by atoms with Gasteiger partial charge in [-0.15, -0.1) is 0 Å². The van der Waals surface area contributed by atoms with Crippen LogP contribution in [0.4, 0.5) is 4.79 Å². The van der Waals surface area contributed by atoms with Crippen molar-refractivity contribution in [1.82, 2.24) is 15.5 Å². The van der Waals surface area contributed by atoms with Crippen LogP contribution >= 0.6 is 0 Å². The number of likely N-dealkylation sites (tertiary alicyclic amines) is 1. The Kier molecular flexibility index (Phi) is 4.69. The third-order valence-electron chi connectivity index (χ3n) is 10.2. The van der Waals surface area contributed by atoms with Crippen LogP contribution in [-0.4, -0.2) is 54.3 Å². The molecule has 3 heterocycles. The highest BCUT2D eigenvalue weighted by molar-refractivity contribution is 5.92. The number of fused-ring (bicyclic) bond motifs is 1. The highest BCUT2D eigenvalue weighted by atomic mass is 16.5. The lowest BCUT2D eigenvalue weighted by atomic mass is 9.53. The van der Waals surface area contributed by atoms with Gasteiger partial charge in [0.05, 0.1) is 0 Å². The second-order valence-electron chi connectivity index (χ2n) is 12.4. The third kappa shape index (κ3) is 3.57. The Hall–Kier alpha value is -2.31. The molecule has 0 aromatic carbocycles. The quantitative estimate of drug-likeness (QED) is 0.669. The molecule has 8 aliphatic rings. The maximum atomic E-state index is 13.2. The number of rotatable bonds is 4. The Bertz CT molecular complexity index is 941. The van der Waals surface area contributed by atoms with Crippen molar-refractivity contribution in [2.75, 3.05) is 19.6 Å². The van der Waals surface area contributed by atoms with Crippen molar-refractivity contribution in [2.24, 2.45) is 40.0 Å². The van der Waals surface area contributed by atoms with Crippen LogP contribution in [0.2, 0.25) is 0 Å². The Labute approximate surface area is 201 Å². The summed E-state index contributed by atoms with van der Waals surface area (Å²) in [4.78, 5) is 31.9. The molecule has 6 fully saturated rings. The number of hydrogen-bond donors (Lipinski definition) is 2. The van der Waals surface area contributed by atoms with Crippen molar-refractivity contribution < 1.29 is 14.3 Å². The van der Waals surface area contributed by atoms with Gasteiger partial charge in [-0.25, -0.2) is 4.79 Å². The van der Waals surface area contributed by atoms with Crippen molar-refractivity contribution in [1.29, 1.82) is 0 Å². The number of nitrogens with zero attached hydrogens (tertiary/aromatic N) is 2. The van der Waals surface area contributed by atoms with E-state index >= 15 is 0 Å². The van der Waals surface area contributed by atoms with Crippen LogP contribution in [0.1, 0.15) is 57.8 Å². The van der Waals surface area contributed by atoms with Gasteiger partial charge in [-0.3, -0.25) is 9.79 Å². The predicted octanol–water partition coefficient (Wildman–Crippen LogP) is 3.38. The van der Waals surface area contributed by atoms with Crippen LogP contribution < -0.4 is 10.6 Å². The van der Waals surface area contributed by atoms with Crippen LogP contribution in [0.5, 0.6) is 0 Å². The van der Waals surface area contributed by atoms with Gasteiger partial charge >= 0.3 is 6.03 Å². The number of hydrogen-bond acceptors (Lipinski definition) is 4. The summed E-state index contributed by atoms with van der Waals surface area (Å²) in [6.45, 7) is 2.37. The molecule has 0 aromatic heterocycles. The summed E-state index contributed by atoms with van der Waals surface area (Å²) in [5.41, 5.74) is 0.391. The molecule has 0 aromatic rings. The molecule has 7 heteroatoms. The van der Waals surface area contributed by atoms with E-state index in [-0.39, 0.29) is 29.5 Å². The highest BCUT2D eigenvalue weighted by Gasteiger charge is 2.56. The zero-order valence-electron chi connectivity index (χ0n) is 19.9. The summed E-state index contributed by atoms with van der Waals surface area (Å²) in [5, 5.41) is 6.64. The fraction of sp³-hybridized carbons (Fsp3) is 0.741. The van der Waals surface area contributed by atoms with Gasteiger partial charge in [0.15, 0.2) is 5.76 Å². The minimum atomic E-state index is -0.146. The van der Waals surface area contributed by atoms with Crippen molar-refractivity contribution in [3.63, 3.8) is 0 Å². The monoisotopic (exact) mass is 464 g/mol. The number of urea groups is 1. The van der Waals surface area contributed by atoms with Gasteiger partial charge in [0.2, 0.25) is 0 Å². The van der Waals surface area contributed by atoms with E-state index in [1.54, 1.807) is 12.4 Å². The molecule has 2 N–H and O–H groups in total. The fourth-order valence-corrected chi connectivity index (χ4v) is 8.60. The average molecular weight is 465 g/mol. The Morgan fingerprint density at radius 1 is 1.06 bits per heavy atom. The summed E-state index contributed by atoms with van der Waals surface area (Å²) in [6, 6.07) is 0.173. The molecule has 3 aliphatic heterocycles. The van der Waals surface area contributed by atoms with E-state index in [0.717, 1.165) is 50.1 Å². The molecule has 3 unspecified atom stereocenters. The zero-order chi connectivity index (χ0) is 22.9. The molecule has 1 saturated heterocycles. The Balaban J connectivity index is 0.885. The lowest BCUT2D eigenvalue weighted by Gasteiger charge is -2.57. The second kappa shape index (κ2) is 7.59. The predicted molar refractivity (Wildman–Crippen MR) is 128 cm³/mol. The van der Waals surface area contributed by atoms with Gasteiger partial charge in [-0.05, 0) is 93.0 Å². The number of carbonyl (C=O) groups is 2. The first-order valence-electron chi connectivity index (χ1n) is 13.4. The fourth-order valence-electron chi connectivity index (χ4n) is 8.60. The van der Waals surface area contributed by atoms with E-state index in [2.05, 4.69) is 20.5 Å². The number of carbonyl (C=O) groups excluding carboxylic acids is 2. The molecular formula is C27H36N4O3. The second-order valence-corrected chi connectivity index (χ2v) is 12.4. The van der Waals surface area contributed by atoms with Crippen LogP contribution in [-0.2, 0) is 9.53 Å². The van der Waals surface area contributed by atoms with E-state index in [9.17, 15) is 9.59 Å². The smallest absolute Gasteiger partial charge is 0.317 e. The van der Waals surface area contributed by atoms with Crippen molar-refractivity contribution in [3.8, 4) is 0 Å². The van der Waals surface area contributed by atoms with Crippen molar-refractivity contribution in [2.45, 2.75) is 69.4 Å². The van der Waals surface area contributed by atoms with Gasteiger partial charge in [0.25, 0.3) is 5.91 Å². The number of aliphatic imine (C=N–C) groups is 1. The van der Waals surface area contributed by atoms with Crippen molar-refractivity contribution >= 4 is 18.2 Å². The van der Waals surface area contributed by atoms with Crippen molar-refractivity contribution in [3.05, 3.63) is 24.1 Å². The summed E-state index contributed by atoms with van der Waals surface area (Å²) in [7, 11) is 0. The average Bonchev–Trinajstić information content (AvgIpc) is 3.28. The molecule has 5 saturated carbocycles. The largest absolute Gasteiger partial charge is 0.478 e. The first kappa shape index (κ1) is 21.0. The maximum absolute atomic E-state index is 13.2. The van der Waals surface area contributed by atoms with Gasteiger partial charge < -0.3 is 20.3 Å². The Morgan fingerprint density at radius 2 is 1.76 bits per heavy atom. The van der Waals surface area contributed by atoms with Gasteiger partial charge in [0.1, 0.15) is 6.10 Å². The van der Waals surface area contributed by atoms with Crippen LogP contribution in [0.15, 0.2) is 29.1 Å². The molecule has 34 heavy (non-hydrogen) atoms. The molecule has 0 radical (unpaired) electrons. The first-order chi connectivity index (χ1) is 16.5. The standard InChI is InChI=1S/C27H36N4O3/c32-24(22-10-20-1-4-28-16-23(20)34-22)29-15-21-14-26(21)2-5-31(6-3-26)25(33)30-27-11-17-7-18(12-27)9-19(8-17)13-27/h1,4,10,16-21,23H,2-3,5-9,11-15H2,(H,29,32)(H,30,33). The minimum Gasteiger partial charge on any atom is -0.478 e. The molecule has 3 amide bonds. The van der Waals surface area contributed by atoms with Gasteiger partial charge in [-0.1, -0.05) is 6.08 Å². The Morgan fingerprint density at radius 3 is 2.44 bits per heavy atom. The molecule has 7 nitrogen and oxygen atoms in total. The summed E-state index contributed by atoms with van der Waals surface area (Å²) in [5.74, 6) is 3.45.